The van der Waals surface area contributed by atoms with Gasteiger partial charge in [0.1, 0.15) is 10.1 Å². The zero-order valence-electron chi connectivity index (χ0n) is 6.30. The normalized spacial score (nSPS) is 10.5. The molecule has 0 saturated carbocycles. The number of benzene rings is 1. The predicted molar refractivity (Wildman–Crippen MR) is 39.1 cm³/mol. The topological polar surface area (TPSA) is 57.2 Å². The van der Waals surface area contributed by atoms with Crippen LogP contribution in [-0.4, -0.2) is 13.0 Å². The molecule has 0 amide bonds. The van der Waals surface area contributed by atoms with Crippen molar-refractivity contribution in [3.63, 3.8) is 0 Å². The molecule has 67 valence electrons. The minimum Gasteiger partial charge on any atom is -0.744 e. The van der Waals surface area contributed by atoms with E-state index in [-0.39, 0.29) is 22.0 Å². The smallest absolute Gasteiger partial charge is 0.744 e. The summed E-state index contributed by atoms with van der Waals surface area (Å²) in [5.41, 5.74) is 0.928. The van der Waals surface area contributed by atoms with Crippen molar-refractivity contribution in [2.75, 3.05) is 0 Å². The van der Waals surface area contributed by atoms with Crippen LogP contribution in [-0.2, 0) is 27.2 Å². The molecule has 1 radical (unpaired) electrons. The monoisotopic (exact) mass is 227 g/mol. The molecule has 3 nitrogen and oxygen atoms in total. The summed E-state index contributed by atoms with van der Waals surface area (Å²) in [5, 5.41) is 0. The van der Waals surface area contributed by atoms with Crippen LogP contribution in [0.3, 0.4) is 0 Å². The quantitative estimate of drug-likeness (QED) is 0.528. The summed E-state index contributed by atoms with van der Waals surface area (Å²) in [7, 11) is -4.27. The molecule has 1 aromatic carbocycles. The van der Waals surface area contributed by atoms with E-state index in [1.54, 1.807) is 12.1 Å². The Bertz CT molecular complexity index is 341. The van der Waals surface area contributed by atoms with Crippen molar-refractivity contribution in [2.45, 2.75) is 11.8 Å². The third-order valence-electron chi connectivity index (χ3n) is 1.31. The van der Waals surface area contributed by atoms with Crippen LogP contribution < -0.4 is 0 Å². The summed E-state index contributed by atoms with van der Waals surface area (Å²) in [6.07, 6.45) is 0. The fourth-order valence-corrected chi connectivity index (χ4v) is 1.17. The average Bonchev–Trinajstić information content (AvgIpc) is 1.86. The molecular weight excluding hydrogens is 220 g/mol. The molecule has 0 fully saturated rings. The minimum atomic E-state index is -4.27. The van der Waals surface area contributed by atoms with E-state index >= 15 is 0 Å². The Morgan fingerprint density at radius 3 is 1.92 bits per heavy atom. The molecule has 0 aliphatic rings. The molecule has 0 spiro atoms. The summed E-state index contributed by atoms with van der Waals surface area (Å²) in [6, 6.07) is 5.78. The van der Waals surface area contributed by atoms with Gasteiger partial charge in [0, 0.05) is 0 Å². The zero-order valence-corrected chi connectivity index (χ0v) is 8.22. The van der Waals surface area contributed by atoms with Gasteiger partial charge in [0.25, 0.3) is 0 Å². The van der Waals surface area contributed by atoms with Crippen LogP contribution in [0.15, 0.2) is 29.2 Å². The maximum absolute atomic E-state index is 10.4. The number of rotatable bonds is 1. The van der Waals surface area contributed by atoms with E-state index in [1.165, 1.54) is 12.1 Å². The first-order valence-corrected chi connectivity index (χ1v) is 4.43. The number of hydrogen-bond acceptors (Lipinski definition) is 3. The second-order valence-corrected chi connectivity index (χ2v) is 3.65. The van der Waals surface area contributed by atoms with Crippen molar-refractivity contribution >= 4 is 10.1 Å². The molecule has 0 unspecified atom stereocenters. The Balaban J connectivity index is 0.00000121. The van der Waals surface area contributed by atoms with E-state index in [0.717, 1.165) is 5.56 Å². The summed E-state index contributed by atoms with van der Waals surface area (Å²) in [5.74, 6) is 0. The molecule has 0 N–H and O–H groups in total. The van der Waals surface area contributed by atoms with E-state index in [4.69, 9.17) is 0 Å². The van der Waals surface area contributed by atoms with Crippen molar-refractivity contribution < 1.29 is 30.0 Å². The maximum Gasteiger partial charge on any atom is 1.00 e. The summed E-state index contributed by atoms with van der Waals surface area (Å²) in [4.78, 5) is -0.178. The van der Waals surface area contributed by atoms with E-state index in [1.807, 2.05) is 6.92 Å². The van der Waals surface area contributed by atoms with Gasteiger partial charge in [-0.25, -0.2) is 8.42 Å². The molecule has 1 rings (SSSR count). The third-order valence-corrected chi connectivity index (χ3v) is 2.16. The van der Waals surface area contributed by atoms with Crippen molar-refractivity contribution in [1.82, 2.24) is 0 Å². The molecule has 0 aliphatic carbocycles. The first kappa shape index (κ1) is 11.6. The average molecular weight is 227 g/mol. The van der Waals surface area contributed by atoms with Gasteiger partial charge in [-0.2, -0.15) is 0 Å². The molecule has 0 bridgehead atoms. The molecule has 1 aromatic rings. The minimum absolute atomic E-state index is 0. The van der Waals surface area contributed by atoms with Crippen molar-refractivity contribution in [1.29, 1.82) is 0 Å². The Kier molecular flexibility index (Phi) is 3.93. The van der Waals surface area contributed by atoms with E-state index in [0.29, 0.717) is 0 Å². The Labute approximate surface area is 82.0 Å². The second kappa shape index (κ2) is 4.05. The van der Waals surface area contributed by atoms with Crippen molar-refractivity contribution in [3.05, 3.63) is 29.8 Å². The first-order chi connectivity index (χ1) is 5.00. The summed E-state index contributed by atoms with van der Waals surface area (Å²) in [6.45, 7) is 1.82. The molecule has 0 atom stereocenters. The van der Waals surface area contributed by atoms with Gasteiger partial charge in [-0.1, -0.05) is 17.7 Å². The Morgan fingerprint density at radius 1 is 1.17 bits per heavy atom. The fraction of sp³-hybridized carbons (Fsp3) is 0.143. The predicted octanol–water partition coefficient (Wildman–Crippen LogP) is 0.897. The Morgan fingerprint density at radius 2 is 1.58 bits per heavy atom. The van der Waals surface area contributed by atoms with E-state index in [2.05, 4.69) is 0 Å². The Hall–Kier alpha value is -0.351. The standard InChI is InChI=1S/C7H8O3S.Fe/c1-6-2-4-7(5-3-6)11(8,9)10;/h2-5H,1H3,(H,8,9,10);/q;+1/p-1. The molecule has 12 heavy (non-hydrogen) atoms. The van der Waals surface area contributed by atoms with Crippen LogP contribution in [0.2, 0.25) is 0 Å². The van der Waals surface area contributed by atoms with Crippen LogP contribution in [0.5, 0.6) is 0 Å². The summed E-state index contributed by atoms with van der Waals surface area (Å²) >= 11 is 0. The molecule has 0 heterocycles. The van der Waals surface area contributed by atoms with Gasteiger partial charge in [-0.05, 0) is 19.1 Å². The fourth-order valence-electron chi connectivity index (χ4n) is 0.705. The number of hydrogen-bond donors (Lipinski definition) is 0. The van der Waals surface area contributed by atoms with Gasteiger partial charge in [0.2, 0.25) is 0 Å². The van der Waals surface area contributed by atoms with Gasteiger partial charge >= 0.3 is 17.1 Å². The molecule has 0 aliphatic heterocycles. The maximum atomic E-state index is 10.4. The van der Waals surface area contributed by atoms with Gasteiger partial charge < -0.3 is 4.55 Å². The SMILES string of the molecule is Cc1ccc(S(=O)(=O)[O-])cc1.[Fe+]. The molecule has 0 saturated heterocycles. The van der Waals surface area contributed by atoms with Gasteiger partial charge in [0.15, 0.2) is 0 Å². The largest absolute Gasteiger partial charge is 1.00 e. The zero-order chi connectivity index (χ0) is 8.48. The van der Waals surface area contributed by atoms with Crippen LogP contribution in [0.1, 0.15) is 5.56 Å². The van der Waals surface area contributed by atoms with E-state index < -0.39 is 10.1 Å². The van der Waals surface area contributed by atoms with Crippen LogP contribution in [0, 0.1) is 6.92 Å². The van der Waals surface area contributed by atoms with Gasteiger partial charge in [0.05, 0.1) is 4.90 Å². The third kappa shape index (κ3) is 2.95. The molecule has 0 aromatic heterocycles. The van der Waals surface area contributed by atoms with Crippen LogP contribution in [0.25, 0.3) is 0 Å². The first-order valence-electron chi connectivity index (χ1n) is 3.03. The van der Waals surface area contributed by atoms with Crippen LogP contribution >= 0.6 is 0 Å². The van der Waals surface area contributed by atoms with Crippen molar-refractivity contribution in [2.24, 2.45) is 0 Å². The van der Waals surface area contributed by atoms with Crippen molar-refractivity contribution in [3.8, 4) is 0 Å². The molecule has 5 heteroatoms. The summed E-state index contributed by atoms with van der Waals surface area (Å²) < 4.78 is 31.2. The number of aryl methyl sites for hydroxylation is 1. The van der Waals surface area contributed by atoms with Gasteiger partial charge in [-0.15, -0.1) is 0 Å². The van der Waals surface area contributed by atoms with Gasteiger partial charge in [-0.3, -0.25) is 0 Å². The second-order valence-electron chi connectivity index (χ2n) is 2.27. The molecular formula is C7H7FeO3S. The van der Waals surface area contributed by atoms with E-state index in [9.17, 15) is 13.0 Å². The van der Waals surface area contributed by atoms with Crippen LogP contribution in [0.4, 0.5) is 0 Å².